The minimum Gasteiger partial charge on any atom is -0.508 e. The lowest BCUT2D eigenvalue weighted by Gasteiger charge is -2.13. The molecule has 20 heavy (non-hydrogen) atoms. The molecular weight excluding hydrogens is 248 g/mol. The first-order chi connectivity index (χ1) is 9.61. The van der Waals surface area contributed by atoms with Crippen molar-refractivity contribution in [3.63, 3.8) is 0 Å². The van der Waals surface area contributed by atoms with Crippen molar-refractivity contribution in [1.29, 1.82) is 0 Å². The minimum atomic E-state index is 0.338. The molecule has 2 heteroatoms. The zero-order valence-corrected chi connectivity index (χ0v) is 11.8. The van der Waals surface area contributed by atoms with E-state index in [4.69, 9.17) is 0 Å². The summed E-state index contributed by atoms with van der Waals surface area (Å²) in [5, 5.41) is 19.2. The van der Waals surface area contributed by atoms with E-state index in [1.807, 2.05) is 24.3 Å². The number of rotatable bonds is 2. The van der Waals surface area contributed by atoms with Crippen molar-refractivity contribution in [3.05, 3.63) is 64.5 Å². The molecule has 2 aliphatic carbocycles. The van der Waals surface area contributed by atoms with Gasteiger partial charge in [-0.15, -0.1) is 0 Å². The molecule has 2 N–H and O–H groups in total. The summed E-state index contributed by atoms with van der Waals surface area (Å²) in [5.74, 6) is 1.32. The summed E-state index contributed by atoms with van der Waals surface area (Å²) in [6, 6.07) is 5.63. The molecule has 1 atom stereocenters. The summed E-state index contributed by atoms with van der Waals surface area (Å²) < 4.78 is 0. The maximum Gasteiger partial charge on any atom is 0.115 e. The number of benzene rings is 1. The number of aromatic hydroxyl groups is 1. The second-order valence-corrected chi connectivity index (χ2v) is 5.89. The van der Waals surface area contributed by atoms with Crippen molar-refractivity contribution in [1.82, 2.24) is 0 Å². The number of hydrogen-bond acceptors (Lipinski definition) is 2. The van der Waals surface area contributed by atoms with Crippen LogP contribution in [0.5, 0.6) is 5.75 Å². The fourth-order valence-electron chi connectivity index (χ4n) is 3.30. The highest BCUT2D eigenvalue weighted by Gasteiger charge is 2.24. The predicted octanol–water partition coefficient (Wildman–Crippen LogP) is 4.35. The lowest BCUT2D eigenvalue weighted by molar-refractivity contribution is 0.431. The van der Waals surface area contributed by atoms with Gasteiger partial charge in [0.2, 0.25) is 0 Å². The van der Waals surface area contributed by atoms with Gasteiger partial charge >= 0.3 is 0 Å². The van der Waals surface area contributed by atoms with Crippen LogP contribution in [-0.2, 0) is 6.42 Å². The zero-order valence-electron chi connectivity index (χ0n) is 11.8. The van der Waals surface area contributed by atoms with Crippen LogP contribution in [0.1, 0.15) is 30.4 Å². The third kappa shape index (κ3) is 2.64. The van der Waals surface area contributed by atoms with E-state index in [0.717, 1.165) is 31.2 Å². The van der Waals surface area contributed by atoms with E-state index in [1.54, 1.807) is 12.1 Å². The van der Waals surface area contributed by atoms with E-state index < -0.39 is 0 Å². The third-order valence-electron chi connectivity index (χ3n) is 4.31. The minimum absolute atomic E-state index is 0.338. The van der Waals surface area contributed by atoms with Crippen LogP contribution in [0.25, 0.3) is 0 Å². The van der Waals surface area contributed by atoms with Crippen molar-refractivity contribution in [2.45, 2.75) is 32.6 Å². The highest BCUT2D eigenvalue weighted by Crippen LogP contribution is 2.38. The van der Waals surface area contributed by atoms with Crippen LogP contribution < -0.4 is 0 Å². The average Bonchev–Trinajstić information content (AvgIpc) is 2.66. The SMILES string of the molecule is Cc1cc(O)ccc1CC1CC2=C(CC=CC(O)=C2)C1. The van der Waals surface area contributed by atoms with Gasteiger partial charge in [0.05, 0.1) is 0 Å². The second kappa shape index (κ2) is 5.20. The third-order valence-corrected chi connectivity index (χ3v) is 4.31. The van der Waals surface area contributed by atoms with Gasteiger partial charge in [0.1, 0.15) is 11.5 Å². The quantitative estimate of drug-likeness (QED) is 0.837. The number of aliphatic hydroxyl groups excluding tert-OH is 1. The van der Waals surface area contributed by atoms with E-state index >= 15 is 0 Å². The van der Waals surface area contributed by atoms with Crippen LogP contribution in [0.15, 0.2) is 53.3 Å². The molecule has 1 aromatic rings. The number of aliphatic hydroxyl groups is 1. The van der Waals surface area contributed by atoms with E-state index in [1.165, 1.54) is 16.7 Å². The molecule has 0 fully saturated rings. The standard InChI is InChI=1S/C18H20O2/c1-12-7-18(20)6-5-14(12)8-13-9-15-3-2-4-17(19)11-16(15)10-13/h2,4-7,11,13,19-20H,3,8-10H2,1H3. The maximum atomic E-state index is 9.70. The Morgan fingerprint density at radius 3 is 2.85 bits per heavy atom. The maximum absolute atomic E-state index is 9.70. The number of phenolic OH excluding ortho intramolecular Hbond substituents is 1. The molecule has 104 valence electrons. The number of hydrogen-bond donors (Lipinski definition) is 2. The average molecular weight is 268 g/mol. The molecule has 0 aliphatic heterocycles. The lowest BCUT2D eigenvalue weighted by atomic mass is 9.92. The first kappa shape index (κ1) is 13.0. The molecule has 0 saturated heterocycles. The molecule has 0 radical (unpaired) electrons. The van der Waals surface area contributed by atoms with Crippen molar-refractivity contribution in [3.8, 4) is 5.75 Å². The molecule has 0 bridgehead atoms. The Hall–Kier alpha value is -1.96. The normalized spacial score (nSPS) is 21.6. The predicted molar refractivity (Wildman–Crippen MR) is 80.8 cm³/mol. The van der Waals surface area contributed by atoms with E-state index in [0.29, 0.717) is 17.4 Å². The summed E-state index contributed by atoms with van der Waals surface area (Å²) in [7, 11) is 0. The molecule has 1 aromatic carbocycles. The van der Waals surface area contributed by atoms with Crippen LogP contribution in [0, 0.1) is 12.8 Å². The highest BCUT2D eigenvalue weighted by atomic mass is 16.3. The second-order valence-electron chi connectivity index (χ2n) is 5.89. The lowest BCUT2D eigenvalue weighted by Crippen LogP contribution is -2.02. The molecule has 0 heterocycles. The fourth-order valence-corrected chi connectivity index (χ4v) is 3.30. The Morgan fingerprint density at radius 1 is 1.20 bits per heavy atom. The Bertz CT molecular complexity index is 620. The first-order valence-electron chi connectivity index (χ1n) is 7.18. The van der Waals surface area contributed by atoms with Gasteiger partial charge in [-0.1, -0.05) is 17.7 Å². The van der Waals surface area contributed by atoms with Gasteiger partial charge in [-0.2, -0.15) is 0 Å². The summed E-state index contributed by atoms with van der Waals surface area (Å²) >= 11 is 0. The van der Waals surface area contributed by atoms with Gasteiger partial charge in [0.15, 0.2) is 0 Å². The van der Waals surface area contributed by atoms with Crippen molar-refractivity contribution in [2.24, 2.45) is 5.92 Å². The molecule has 2 aliphatic rings. The monoisotopic (exact) mass is 268 g/mol. The smallest absolute Gasteiger partial charge is 0.115 e. The Morgan fingerprint density at radius 2 is 2.05 bits per heavy atom. The van der Waals surface area contributed by atoms with Crippen LogP contribution in [0.4, 0.5) is 0 Å². The molecule has 3 rings (SSSR count). The molecular formula is C18H20O2. The van der Waals surface area contributed by atoms with Gasteiger partial charge < -0.3 is 10.2 Å². The van der Waals surface area contributed by atoms with Crippen LogP contribution in [0.3, 0.4) is 0 Å². The zero-order chi connectivity index (χ0) is 14.1. The number of allylic oxidation sites excluding steroid dienone is 5. The number of aryl methyl sites for hydroxylation is 1. The topological polar surface area (TPSA) is 40.5 Å². The molecule has 2 nitrogen and oxygen atoms in total. The van der Waals surface area contributed by atoms with Crippen molar-refractivity contribution < 1.29 is 10.2 Å². The van der Waals surface area contributed by atoms with Crippen LogP contribution >= 0.6 is 0 Å². The number of phenols is 1. The van der Waals surface area contributed by atoms with Gasteiger partial charge in [0.25, 0.3) is 0 Å². The Kier molecular flexibility index (Phi) is 3.39. The summed E-state index contributed by atoms with van der Waals surface area (Å²) in [6.07, 6.45) is 9.91. The van der Waals surface area contributed by atoms with Crippen LogP contribution in [0.2, 0.25) is 0 Å². The van der Waals surface area contributed by atoms with Gasteiger partial charge in [-0.05, 0) is 79.5 Å². The van der Waals surface area contributed by atoms with Gasteiger partial charge in [-0.25, -0.2) is 0 Å². The Labute approximate surface area is 119 Å². The molecule has 0 saturated carbocycles. The summed E-state index contributed by atoms with van der Waals surface area (Å²) in [6.45, 7) is 2.05. The molecule has 1 unspecified atom stereocenters. The van der Waals surface area contributed by atoms with Crippen molar-refractivity contribution >= 4 is 0 Å². The van der Waals surface area contributed by atoms with E-state index in [2.05, 4.69) is 6.92 Å². The largest absolute Gasteiger partial charge is 0.508 e. The summed E-state index contributed by atoms with van der Waals surface area (Å²) in [4.78, 5) is 0. The molecule has 0 aromatic heterocycles. The molecule has 0 spiro atoms. The summed E-state index contributed by atoms with van der Waals surface area (Å²) in [5.41, 5.74) is 5.25. The fraction of sp³-hybridized carbons (Fsp3) is 0.333. The van der Waals surface area contributed by atoms with Gasteiger partial charge in [-0.3, -0.25) is 0 Å². The first-order valence-corrected chi connectivity index (χ1v) is 7.18. The highest BCUT2D eigenvalue weighted by molar-refractivity contribution is 5.40. The molecule has 0 amide bonds. The van der Waals surface area contributed by atoms with Crippen molar-refractivity contribution in [2.75, 3.05) is 0 Å². The van der Waals surface area contributed by atoms with E-state index in [9.17, 15) is 10.2 Å². The van der Waals surface area contributed by atoms with E-state index in [-0.39, 0.29) is 0 Å². The Balaban J connectivity index is 1.72. The van der Waals surface area contributed by atoms with Gasteiger partial charge in [0, 0.05) is 0 Å². The van der Waals surface area contributed by atoms with Crippen LogP contribution in [-0.4, -0.2) is 10.2 Å².